The molecule has 0 saturated heterocycles. The Balaban J connectivity index is 2.39. The maximum Gasteiger partial charge on any atom is 0.258 e. The minimum atomic E-state index is -3.77. The lowest BCUT2D eigenvalue weighted by molar-refractivity contribution is 0.102. The maximum absolute atomic E-state index is 13.8. The third-order valence-electron chi connectivity index (χ3n) is 3.73. The number of carbonyl (C=O) groups excluding carboxylic acids is 1. The van der Waals surface area contributed by atoms with Crippen molar-refractivity contribution in [3.05, 3.63) is 52.3 Å². The van der Waals surface area contributed by atoms with Gasteiger partial charge in [0, 0.05) is 17.6 Å². The van der Waals surface area contributed by atoms with Gasteiger partial charge in [0.1, 0.15) is 11.6 Å². The van der Waals surface area contributed by atoms with Crippen LogP contribution in [0.2, 0.25) is 0 Å². The Morgan fingerprint density at radius 3 is 2.46 bits per heavy atom. The van der Waals surface area contributed by atoms with Crippen molar-refractivity contribution in [2.45, 2.75) is 18.7 Å². The SMILES string of the molecule is CCN(CC)S(=O)(=O)c1ccc(O)c(NC(=O)c2cc(Br)ccc2F)c1. The molecule has 0 saturated carbocycles. The molecule has 6 nitrogen and oxygen atoms in total. The highest BCUT2D eigenvalue weighted by molar-refractivity contribution is 9.10. The van der Waals surface area contributed by atoms with E-state index in [-0.39, 0.29) is 35.0 Å². The highest BCUT2D eigenvalue weighted by atomic mass is 79.9. The van der Waals surface area contributed by atoms with Crippen LogP contribution < -0.4 is 5.32 Å². The van der Waals surface area contributed by atoms with Gasteiger partial charge < -0.3 is 10.4 Å². The Labute approximate surface area is 159 Å². The number of carbonyl (C=O) groups is 1. The van der Waals surface area contributed by atoms with Crippen molar-refractivity contribution in [3.63, 3.8) is 0 Å². The Kier molecular flexibility index (Phi) is 6.38. The molecule has 0 aliphatic heterocycles. The monoisotopic (exact) mass is 444 g/mol. The van der Waals surface area contributed by atoms with Gasteiger partial charge >= 0.3 is 0 Å². The summed E-state index contributed by atoms with van der Waals surface area (Å²) in [7, 11) is -3.77. The third kappa shape index (κ3) is 4.22. The van der Waals surface area contributed by atoms with Crippen LogP contribution in [0.1, 0.15) is 24.2 Å². The van der Waals surface area contributed by atoms with Crippen LogP contribution in [0.15, 0.2) is 45.8 Å². The van der Waals surface area contributed by atoms with Crippen LogP contribution in [-0.4, -0.2) is 36.8 Å². The molecule has 0 fully saturated rings. The van der Waals surface area contributed by atoms with E-state index >= 15 is 0 Å². The average molecular weight is 445 g/mol. The largest absolute Gasteiger partial charge is 0.506 e. The Morgan fingerprint density at radius 2 is 1.85 bits per heavy atom. The molecule has 26 heavy (non-hydrogen) atoms. The highest BCUT2D eigenvalue weighted by Crippen LogP contribution is 2.29. The van der Waals surface area contributed by atoms with Crippen LogP contribution in [0.5, 0.6) is 5.75 Å². The van der Waals surface area contributed by atoms with Crippen molar-refractivity contribution in [2.75, 3.05) is 18.4 Å². The lowest BCUT2D eigenvalue weighted by atomic mass is 10.2. The van der Waals surface area contributed by atoms with Crippen LogP contribution in [0.4, 0.5) is 10.1 Å². The van der Waals surface area contributed by atoms with Gasteiger partial charge in [0.15, 0.2) is 0 Å². The molecule has 9 heteroatoms. The van der Waals surface area contributed by atoms with Gasteiger partial charge in [0.05, 0.1) is 16.1 Å². The van der Waals surface area contributed by atoms with Crippen molar-refractivity contribution in [1.82, 2.24) is 4.31 Å². The van der Waals surface area contributed by atoms with Gasteiger partial charge in [-0.3, -0.25) is 4.79 Å². The molecule has 2 aromatic carbocycles. The van der Waals surface area contributed by atoms with E-state index in [0.717, 1.165) is 12.1 Å². The molecule has 0 spiro atoms. The number of anilines is 1. The molecular weight excluding hydrogens is 427 g/mol. The number of halogens is 2. The first kappa shape index (κ1) is 20.3. The van der Waals surface area contributed by atoms with Gasteiger partial charge in [0.25, 0.3) is 5.91 Å². The number of benzene rings is 2. The van der Waals surface area contributed by atoms with Gasteiger partial charge in [-0.2, -0.15) is 4.31 Å². The number of rotatable bonds is 6. The topological polar surface area (TPSA) is 86.7 Å². The molecule has 0 aromatic heterocycles. The van der Waals surface area contributed by atoms with Crippen LogP contribution in [0.3, 0.4) is 0 Å². The molecule has 2 rings (SSSR count). The van der Waals surface area contributed by atoms with Crippen LogP contribution >= 0.6 is 15.9 Å². The predicted octanol–water partition coefficient (Wildman–Crippen LogP) is 3.58. The minimum absolute atomic E-state index is 0.0796. The van der Waals surface area contributed by atoms with Crippen LogP contribution in [0.25, 0.3) is 0 Å². The molecule has 2 N–H and O–H groups in total. The summed E-state index contributed by atoms with van der Waals surface area (Å²) in [4.78, 5) is 12.2. The Bertz CT molecular complexity index is 930. The van der Waals surface area contributed by atoms with E-state index in [2.05, 4.69) is 21.2 Å². The van der Waals surface area contributed by atoms with E-state index in [1.54, 1.807) is 13.8 Å². The first-order chi connectivity index (χ1) is 12.2. The van der Waals surface area contributed by atoms with Crippen molar-refractivity contribution in [1.29, 1.82) is 0 Å². The fourth-order valence-electron chi connectivity index (χ4n) is 2.35. The number of amides is 1. The highest BCUT2D eigenvalue weighted by Gasteiger charge is 2.23. The Morgan fingerprint density at radius 1 is 1.19 bits per heavy atom. The first-order valence-corrected chi connectivity index (χ1v) is 10.0. The summed E-state index contributed by atoms with van der Waals surface area (Å²) in [5, 5.41) is 12.3. The third-order valence-corrected chi connectivity index (χ3v) is 6.27. The number of hydrogen-bond acceptors (Lipinski definition) is 4. The number of sulfonamides is 1. The quantitative estimate of drug-likeness (QED) is 0.666. The second-order valence-electron chi connectivity index (χ2n) is 5.35. The summed E-state index contributed by atoms with van der Waals surface area (Å²) in [6.07, 6.45) is 0. The van der Waals surface area contributed by atoms with Crippen molar-refractivity contribution in [3.8, 4) is 5.75 Å². The number of aromatic hydroxyl groups is 1. The molecule has 0 aliphatic rings. The number of hydrogen-bond donors (Lipinski definition) is 2. The smallest absolute Gasteiger partial charge is 0.258 e. The number of nitrogens with one attached hydrogen (secondary N) is 1. The molecule has 0 aliphatic carbocycles. The summed E-state index contributed by atoms with van der Waals surface area (Å²) in [5.41, 5.74) is -0.363. The van der Waals surface area contributed by atoms with Crippen LogP contribution in [-0.2, 0) is 10.0 Å². The van der Waals surface area contributed by atoms with Gasteiger partial charge in [-0.25, -0.2) is 12.8 Å². The molecule has 0 heterocycles. The van der Waals surface area contributed by atoms with E-state index in [1.807, 2.05) is 0 Å². The fourth-order valence-corrected chi connectivity index (χ4v) is 4.20. The van der Waals surface area contributed by atoms with Crippen LogP contribution in [0, 0.1) is 5.82 Å². The summed E-state index contributed by atoms with van der Waals surface area (Å²) in [6.45, 7) is 3.98. The van der Waals surface area contributed by atoms with Gasteiger partial charge in [-0.1, -0.05) is 29.8 Å². The van der Waals surface area contributed by atoms with E-state index in [4.69, 9.17) is 0 Å². The molecule has 0 radical (unpaired) electrons. The molecule has 2 aromatic rings. The van der Waals surface area contributed by atoms with Gasteiger partial charge in [-0.05, 0) is 36.4 Å². The van der Waals surface area contributed by atoms with E-state index in [0.29, 0.717) is 4.47 Å². The molecule has 0 bridgehead atoms. The van der Waals surface area contributed by atoms with Gasteiger partial charge in [0.2, 0.25) is 10.0 Å². The molecule has 0 atom stereocenters. The summed E-state index contributed by atoms with van der Waals surface area (Å²) >= 11 is 3.15. The fraction of sp³-hybridized carbons (Fsp3) is 0.235. The molecule has 140 valence electrons. The molecular formula is C17H18BrFN2O4S. The second-order valence-corrected chi connectivity index (χ2v) is 8.20. The van der Waals surface area contributed by atoms with Crippen molar-refractivity contribution in [2.24, 2.45) is 0 Å². The predicted molar refractivity (Wildman–Crippen MR) is 100 cm³/mol. The molecule has 1 amide bonds. The number of phenols is 1. The first-order valence-electron chi connectivity index (χ1n) is 7.80. The zero-order valence-electron chi connectivity index (χ0n) is 14.2. The summed E-state index contributed by atoms with van der Waals surface area (Å²) < 4.78 is 40.8. The Hall–Kier alpha value is -1.97. The second kappa shape index (κ2) is 8.15. The van der Waals surface area contributed by atoms with E-state index < -0.39 is 21.7 Å². The number of phenolic OH excluding ortho intramolecular Hbond substituents is 1. The molecule has 0 unspecified atom stereocenters. The standard InChI is InChI=1S/C17H18BrFN2O4S/c1-3-21(4-2)26(24,25)12-6-8-16(22)15(10-12)20-17(23)13-9-11(18)5-7-14(13)19/h5-10,22H,3-4H2,1-2H3,(H,20,23). The van der Waals surface area contributed by atoms with E-state index in [9.17, 15) is 22.7 Å². The minimum Gasteiger partial charge on any atom is -0.506 e. The average Bonchev–Trinajstić information content (AvgIpc) is 2.59. The zero-order valence-corrected chi connectivity index (χ0v) is 16.6. The maximum atomic E-state index is 13.8. The lowest BCUT2D eigenvalue weighted by Crippen LogP contribution is -2.30. The van der Waals surface area contributed by atoms with Crippen molar-refractivity contribution >= 4 is 37.5 Å². The number of nitrogens with zero attached hydrogens (tertiary/aromatic N) is 1. The summed E-state index contributed by atoms with van der Waals surface area (Å²) in [5.74, 6) is -1.87. The lowest BCUT2D eigenvalue weighted by Gasteiger charge is -2.19. The van der Waals surface area contributed by atoms with Gasteiger partial charge in [-0.15, -0.1) is 0 Å². The normalized spacial score (nSPS) is 11.6. The zero-order chi connectivity index (χ0) is 19.5. The van der Waals surface area contributed by atoms with E-state index in [1.165, 1.54) is 28.6 Å². The summed E-state index contributed by atoms with van der Waals surface area (Å²) in [6, 6.07) is 7.43. The van der Waals surface area contributed by atoms with Crippen molar-refractivity contribution < 1.29 is 22.7 Å².